The second-order valence-corrected chi connectivity index (χ2v) is 11.5. The van der Waals surface area contributed by atoms with Gasteiger partial charge >= 0.3 is 0 Å². The zero-order valence-corrected chi connectivity index (χ0v) is 21.6. The van der Waals surface area contributed by atoms with Crippen molar-refractivity contribution in [1.29, 1.82) is 0 Å². The summed E-state index contributed by atoms with van der Waals surface area (Å²) in [6, 6.07) is 14.1. The van der Waals surface area contributed by atoms with Gasteiger partial charge in [0.25, 0.3) is 0 Å². The van der Waals surface area contributed by atoms with Crippen molar-refractivity contribution in [3.05, 3.63) is 65.8 Å². The van der Waals surface area contributed by atoms with Gasteiger partial charge in [0.05, 0.1) is 41.5 Å². The number of halogens is 1. The maximum absolute atomic E-state index is 15.4. The molecular formula is C27H25FN6O3S. The van der Waals surface area contributed by atoms with Gasteiger partial charge in [0.1, 0.15) is 12.4 Å². The molecule has 0 bridgehead atoms. The maximum atomic E-state index is 15.4. The number of H-pyrrole nitrogens is 1. The fraction of sp³-hybridized carbons (Fsp3) is 0.259. The van der Waals surface area contributed by atoms with E-state index in [4.69, 9.17) is 11.3 Å². The van der Waals surface area contributed by atoms with E-state index in [9.17, 15) is 8.42 Å². The molecule has 4 aromatic rings. The molecule has 11 heteroatoms. The second-order valence-electron chi connectivity index (χ2n) is 9.74. The topological polar surface area (TPSA) is 94.9 Å². The molecule has 9 nitrogen and oxygen atoms in total. The molecule has 2 aliphatic heterocycles. The third kappa shape index (κ3) is 4.21. The van der Waals surface area contributed by atoms with Crippen molar-refractivity contribution in [2.24, 2.45) is 0 Å². The van der Waals surface area contributed by atoms with Crippen molar-refractivity contribution < 1.29 is 17.5 Å². The summed E-state index contributed by atoms with van der Waals surface area (Å²) in [5.74, 6) is 0.0409. The number of hydrogen-bond acceptors (Lipinski definition) is 6. The molecular weight excluding hydrogens is 507 g/mol. The first-order chi connectivity index (χ1) is 18.2. The highest BCUT2D eigenvalue weighted by Crippen LogP contribution is 2.42. The van der Waals surface area contributed by atoms with Gasteiger partial charge in [0.2, 0.25) is 10.0 Å². The number of sulfonamides is 1. The summed E-state index contributed by atoms with van der Waals surface area (Å²) in [7, 11) is -1.56. The lowest BCUT2D eigenvalue weighted by Crippen LogP contribution is -2.56. The largest absolute Gasteiger partial charge is 0.489 e. The van der Waals surface area contributed by atoms with Crippen molar-refractivity contribution >= 4 is 38.0 Å². The highest BCUT2D eigenvalue weighted by Gasteiger charge is 2.32. The Morgan fingerprint density at radius 1 is 1.18 bits per heavy atom. The molecule has 2 N–H and O–H groups in total. The van der Waals surface area contributed by atoms with Crippen LogP contribution in [-0.4, -0.2) is 69.1 Å². The molecule has 2 aliphatic rings. The Morgan fingerprint density at radius 3 is 2.82 bits per heavy atom. The third-order valence-electron chi connectivity index (χ3n) is 7.04. The number of aromatic nitrogens is 2. The molecule has 38 heavy (non-hydrogen) atoms. The summed E-state index contributed by atoms with van der Waals surface area (Å²) < 4.78 is 47.2. The number of nitrogens with one attached hydrogen (secondary N) is 2. The van der Waals surface area contributed by atoms with Crippen LogP contribution in [0.3, 0.4) is 0 Å². The van der Waals surface area contributed by atoms with Crippen molar-refractivity contribution in [3.63, 3.8) is 0 Å². The smallest absolute Gasteiger partial charge is 0.229 e. The van der Waals surface area contributed by atoms with E-state index in [1.807, 2.05) is 12.1 Å². The van der Waals surface area contributed by atoms with Crippen LogP contribution in [0.15, 0.2) is 48.5 Å². The highest BCUT2D eigenvalue weighted by atomic mass is 32.2. The van der Waals surface area contributed by atoms with E-state index in [0.717, 1.165) is 42.9 Å². The van der Waals surface area contributed by atoms with Crippen LogP contribution < -0.4 is 14.4 Å². The Kier molecular flexibility index (Phi) is 5.74. The number of fused-ring (bicyclic) bond motifs is 4. The zero-order chi connectivity index (χ0) is 26.6. The third-order valence-corrected chi connectivity index (χ3v) is 7.63. The minimum absolute atomic E-state index is 0.119. The quantitative estimate of drug-likeness (QED) is 0.377. The molecule has 0 saturated carbocycles. The first kappa shape index (κ1) is 24.2. The molecule has 0 radical (unpaired) electrons. The zero-order valence-electron chi connectivity index (χ0n) is 20.8. The Labute approximate surface area is 219 Å². The Balaban J connectivity index is 1.43. The van der Waals surface area contributed by atoms with Crippen LogP contribution in [0.2, 0.25) is 0 Å². The number of nitrogens with zero attached hydrogens (tertiary/aromatic N) is 4. The minimum Gasteiger partial charge on any atom is -0.489 e. The first-order valence-electron chi connectivity index (χ1n) is 12.1. The fourth-order valence-electron chi connectivity index (χ4n) is 5.27. The van der Waals surface area contributed by atoms with Crippen molar-refractivity contribution in [2.75, 3.05) is 49.2 Å². The van der Waals surface area contributed by atoms with E-state index >= 15 is 4.39 Å². The van der Waals surface area contributed by atoms with Gasteiger partial charge in [-0.3, -0.25) is 9.82 Å². The van der Waals surface area contributed by atoms with E-state index in [1.54, 1.807) is 18.2 Å². The summed E-state index contributed by atoms with van der Waals surface area (Å²) in [4.78, 5) is 8.30. The number of rotatable bonds is 4. The molecule has 1 fully saturated rings. The Morgan fingerprint density at radius 2 is 2.03 bits per heavy atom. The predicted octanol–water partition coefficient (Wildman–Crippen LogP) is 4.47. The molecule has 3 aromatic carbocycles. The minimum atomic E-state index is -3.68. The molecule has 0 spiro atoms. The lowest BCUT2D eigenvalue weighted by atomic mass is 9.98. The molecule has 6 rings (SSSR count). The molecule has 1 saturated heterocycles. The van der Waals surface area contributed by atoms with Crippen molar-refractivity contribution in [1.82, 2.24) is 15.1 Å². The molecule has 194 valence electrons. The van der Waals surface area contributed by atoms with Crippen LogP contribution in [-0.2, 0) is 10.0 Å². The number of piperazine rings is 1. The summed E-state index contributed by atoms with van der Waals surface area (Å²) >= 11 is 0. The number of aromatic amines is 1. The first-order valence-corrected chi connectivity index (χ1v) is 14.0. The van der Waals surface area contributed by atoms with Gasteiger partial charge in [-0.25, -0.2) is 17.7 Å². The molecule has 3 heterocycles. The standard InChI is InChI=1S/C27H25FN6O3S/c1-29-22-13-23-20(12-19(22)18-5-4-6-21(26(18)28)32-38(3,35)36)27(31-30-23)16-7-8-24-25(11-16)37-15-17-14-33(2)9-10-34(17)24/h4-8,11-13,17,32H,9-10,14-15H2,2-3H3,(H,30,31). The average Bonchev–Trinajstić information content (AvgIpc) is 3.30. The lowest BCUT2D eigenvalue weighted by molar-refractivity contribution is 0.188. The van der Waals surface area contributed by atoms with Gasteiger partial charge in [0, 0.05) is 36.1 Å². The van der Waals surface area contributed by atoms with Crippen LogP contribution in [0.4, 0.5) is 21.5 Å². The van der Waals surface area contributed by atoms with E-state index in [1.165, 1.54) is 12.1 Å². The summed E-state index contributed by atoms with van der Waals surface area (Å²) in [5.41, 5.74) is 3.69. The maximum Gasteiger partial charge on any atom is 0.229 e. The SMILES string of the molecule is [C-]#[N+]c1cc2[nH]nc(-c3ccc4c(c3)OCC3CN(C)CCN43)c2cc1-c1cccc(NS(C)(=O)=O)c1F. The Bertz CT molecular complexity index is 1730. The van der Waals surface area contributed by atoms with Gasteiger partial charge in [-0.05, 0) is 36.9 Å². The van der Waals surface area contributed by atoms with Gasteiger partial charge in [-0.2, -0.15) is 5.10 Å². The summed E-state index contributed by atoms with van der Waals surface area (Å²) in [5, 5.41) is 8.22. The van der Waals surface area contributed by atoms with Crippen molar-refractivity contribution in [3.8, 4) is 28.1 Å². The van der Waals surface area contributed by atoms with Crippen LogP contribution in [0, 0.1) is 12.4 Å². The van der Waals surface area contributed by atoms with Gasteiger partial charge in [0.15, 0.2) is 11.5 Å². The number of anilines is 2. The monoisotopic (exact) mass is 532 g/mol. The highest BCUT2D eigenvalue weighted by molar-refractivity contribution is 7.92. The van der Waals surface area contributed by atoms with E-state index in [-0.39, 0.29) is 16.9 Å². The average molecular weight is 533 g/mol. The molecule has 0 amide bonds. The van der Waals surface area contributed by atoms with Crippen LogP contribution in [0.25, 0.3) is 38.1 Å². The van der Waals surface area contributed by atoms with E-state index in [2.05, 4.69) is 42.7 Å². The normalized spacial score (nSPS) is 17.4. The van der Waals surface area contributed by atoms with E-state index in [0.29, 0.717) is 34.8 Å². The molecule has 1 aromatic heterocycles. The van der Waals surface area contributed by atoms with Gasteiger partial charge < -0.3 is 14.5 Å². The number of likely N-dealkylation sites (N-methyl/N-ethyl adjacent to an activating group) is 1. The fourth-order valence-corrected chi connectivity index (χ4v) is 5.83. The number of ether oxygens (including phenoxy) is 1. The van der Waals surface area contributed by atoms with Gasteiger partial charge in [-0.15, -0.1) is 0 Å². The second kappa shape index (κ2) is 9.01. The molecule has 1 atom stereocenters. The lowest BCUT2D eigenvalue weighted by Gasteiger charge is -2.44. The van der Waals surface area contributed by atoms with Crippen molar-refractivity contribution in [2.45, 2.75) is 6.04 Å². The van der Waals surface area contributed by atoms with Crippen LogP contribution in [0.1, 0.15) is 0 Å². The summed E-state index contributed by atoms with van der Waals surface area (Å²) in [6.45, 7) is 11.2. The van der Waals surface area contributed by atoms with Crippen LogP contribution >= 0.6 is 0 Å². The van der Waals surface area contributed by atoms with Crippen LogP contribution in [0.5, 0.6) is 5.75 Å². The molecule has 1 unspecified atom stereocenters. The number of hydrogen-bond donors (Lipinski definition) is 2. The van der Waals surface area contributed by atoms with E-state index < -0.39 is 15.8 Å². The summed E-state index contributed by atoms with van der Waals surface area (Å²) in [6.07, 6.45) is 0.958. The van der Waals surface area contributed by atoms with Gasteiger partial charge in [-0.1, -0.05) is 24.3 Å². The molecule has 0 aliphatic carbocycles. The predicted molar refractivity (Wildman–Crippen MR) is 146 cm³/mol. The number of benzene rings is 3. The Hall–Kier alpha value is -4.14.